The van der Waals surface area contributed by atoms with E-state index in [2.05, 4.69) is 0 Å². The van der Waals surface area contributed by atoms with Gasteiger partial charge in [0.25, 0.3) is 0 Å². The fourth-order valence-electron chi connectivity index (χ4n) is 2.95. The van der Waals surface area contributed by atoms with Crippen molar-refractivity contribution in [1.29, 1.82) is 0 Å². The lowest BCUT2D eigenvalue weighted by atomic mass is 10.1. The lowest BCUT2D eigenvalue weighted by molar-refractivity contribution is -0.138. The molecule has 0 aliphatic rings. The van der Waals surface area contributed by atoms with Gasteiger partial charge in [-0.1, -0.05) is 32.9 Å². The van der Waals surface area contributed by atoms with Crippen molar-refractivity contribution in [3.05, 3.63) is 47.5 Å². The molecule has 0 spiro atoms. The predicted octanol–water partition coefficient (Wildman–Crippen LogP) is 4.87. The van der Waals surface area contributed by atoms with E-state index in [0.717, 1.165) is 0 Å². The maximum atomic E-state index is 12.8. The van der Waals surface area contributed by atoms with Gasteiger partial charge in [-0.2, -0.15) is 0 Å². The van der Waals surface area contributed by atoms with Crippen molar-refractivity contribution in [2.45, 2.75) is 65.9 Å². The molecular weight excluding hydrogens is 456 g/mol. The Morgan fingerprint density at radius 2 is 1.26 bits per heavy atom. The lowest BCUT2D eigenvalue weighted by Crippen LogP contribution is -2.16. The number of carbonyl (C=O) groups is 4. The van der Waals surface area contributed by atoms with Gasteiger partial charge in [0.1, 0.15) is 12.4 Å². The molecule has 0 aromatic heterocycles. The summed E-state index contributed by atoms with van der Waals surface area (Å²) in [6.45, 7) is 5.22. The molecule has 0 heterocycles. The average Bonchev–Trinajstić information content (AvgIpc) is 2.80. The van der Waals surface area contributed by atoms with Crippen molar-refractivity contribution in [1.82, 2.24) is 0 Å². The highest BCUT2D eigenvalue weighted by Gasteiger charge is 2.25. The van der Waals surface area contributed by atoms with Gasteiger partial charge in [-0.25, -0.2) is 4.79 Å². The third kappa shape index (κ3) is 8.77. The third-order valence-corrected chi connectivity index (χ3v) is 4.56. The summed E-state index contributed by atoms with van der Waals surface area (Å²) in [4.78, 5) is 49.5. The van der Waals surface area contributed by atoms with Crippen LogP contribution in [0.5, 0.6) is 23.0 Å². The highest BCUT2D eigenvalue weighted by Crippen LogP contribution is 2.40. The van der Waals surface area contributed by atoms with Gasteiger partial charge in [0, 0.05) is 19.3 Å². The zero-order valence-electron chi connectivity index (χ0n) is 20.1. The molecule has 35 heavy (non-hydrogen) atoms. The number of phenols is 1. The standard InChI is InChI=1S/C26H30O9/c1-4-8-22(28)33-20-14-18(26(31)32-16-17-11-7-12-19(27)13-17)15-21(34-23(29)9-5-2)25(20)35-24(30)10-6-3/h7,11-15,27H,4-6,8-10,16H2,1-3H3. The largest absolute Gasteiger partial charge is 0.508 e. The summed E-state index contributed by atoms with van der Waals surface area (Å²) in [6, 6.07) is 8.60. The van der Waals surface area contributed by atoms with Gasteiger partial charge in [-0.3, -0.25) is 14.4 Å². The van der Waals surface area contributed by atoms with Gasteiger partial charge in [-0.15, -0.1) is 0 Å². The first-order valence-electron chi connectivity index (χ1n) is 11.5. The Labute approximate surface area is 203 Å². The monoisotopic (exact) mass is 486 g/mol. The first-order valence-corrected chi connectivity index (χ1v) is 11.5. The molecule has 0 aliphatic carbocycles. The molecule has 0 amide bonds. The van der Waals surface area contributed by atoms with Crippen molar-refractivity contribution in [3.8, 4) is 23.0 Å². The smallest absolute Gasteiger partial charge is 0.338 e. The molecule has 1 N–H and O–H groups in total. The summed E-state index contributed by atoms with van der Waals surface area (Å²) in [5, 5.41) is 9.59. The molecule has 0 radical (unpaired) electrons. The second-order valence-electron chi connectivity index (χ2n) is 7.72. The summed E-state index contributed by atoms with van der Waals surface area (Å²) >= 11 is 0. The summed E-state index contributed by atoms with van der Waals surface area (Å²) in [5.41, 5.74) is 0.465. The second-order valence-corrected chi connectivity index (χ2v) is 7.72. The molecule has 0 saturated carbocycles. The molecule has 0 saturated heterocycles. The van der Waals surface area contributed by atoms with Gasteiger partial charge in [-0.05, 0) is 49.1 Å². The van der Waals surface area contributed by atoms with Crippen LogP contribution in [0.2, 0.25) is 0 Å². The van der Waals surface area contributed by atoms with Crippen LogP contribution in [0.1, 0.15) is 75.2 Å². The minimum Gasteiger partial charge on any atom is -0.508 e. The van der Waals surface area contributed by atoms with E-state index in [-0.39, 0.29) is 54.4 Å². The number of hydrogen-bond acceptors (Lipinski definition) is 9. The Morgan fingerprint density at radius 3 is 1.74 bits per heavy atom. The van der Waals surface area contributed by atoms with E-state index in [1.54, 1.807) is 32.9 Å². The molecule has 0 fully saturated rings. The number of phenolic OH excluding ortho intramolecular Hbond substituents is 1. The zero-order chi connectivity index (χ0) is 25.8. The van der Waals surface area contributed by atoms with Crippen molar-refractivity contribution in [3.63, 3.8) is 0 Å². The van der Waals surface area contributed by atoms with Crippen LogP contribution in [0.15, 0.2) is 36.4 Å². The van der Waals surface area contributed by atoms with Crippen LogP contribution >= 0.6 is 0 Å². The van der Waals surface area contributed by atoms with Crippen LogP contribution < -0.4 is 14.2 Å². The second kappa shape index (κ2) is 13.7. The highest BCUT2D eigenvalue weighted by atomic mass is 16.6. The van der Waals surface area contributed by atoms with Crippen LogP contribution in [-0.4, -0.2) is 29.0 Å². The Kier molecular flexibility index (Phi) is 10.7. The van der Waals surface area contributed by atoms with E-state index >= 15 is 0 Å². The van der Waals surface area contributed by atoms with Crippen LogP contribution in [0, 0.1) is 0 Å². The highest BCUT2D eigenvalue weighted by molar-refractivity contribution is 5.92. The van der Waals surface area contributed by atoms with Gasteiger partial charge < -0.3 is 24.1 Å². The maximum Gasteiger partial charge on any atom is 0.338 e. The number of benzene rings is 2. The lowest BCUT2D eigenvalue weighted by Gasteiger charge is -2.16. The van der Waals surface area contributed by atoms with Crippen LogP contribution in [0.25, 0.3) is 0 Å². The van der Waals surface area contributed by atoms with Crippen LogP contribution in [0.4, 0.5) is 0 Å². The quantitative estimate of drug-likeness (QED) is 0.330. The number of carbonyl (C=O) groups excluding carboxylic acids is 4. The fraction of sp³-hybridized carbons (Fsp3) is 0.385. The van der Waals surface area contributed by atoms with E-state index in [4.69, 9.17) is 18.9 Å². The normalized spacial score (nSPS) is 10.4. The summed E-state index contributed by atoms with van der Waals surface area (Å²) in [6.07, 6.45) is 1.77. The van der Waals surface area contributed by atoms with E-state index in [1.165, 1.54) is 24.3 Å². The van der Waals surface area contributed by atoms with E-state index in [1.807, 2.05) is 0 Å². The minimum absolute atomic E-state index is 0.0204. The van der Waals surface area contributed by atoms with Crippen LogP contribution in [0.3, 0.4) is 0 Å². The summed E-state index contributed by atoms with van der Waals surface area (Å²) in [5.74, 6) is -3.37. The molecule has 2 rings (SSSR count). The molecule has 0 aliphatic heterocycles. The zero-order valence-corrected chi connectivity index (χ0v) is 20.1. The molecule has 2 aromatic carbocycles. The van der Waals surface area contributed by atoms with Gasteiger partial charge in [0.15, 0.2) is 11.5 Å². The number of ether oxygens (including phenoxy) is 4. The van der Waals surface area contributed by atoms with Crippen molar-refractivity contribution < 1.29 is 43.2 Å². The van der Waals surface area contributed by atoms with Gasteiger partial charge >= 0.3 is 23.9 Å². The Morgan fingerprint density at radius 1 is 0.743 bits per heavy atom. The van der Waals surface area contributed by atoms with Gasteiger partial charge in [0.05, 0.1) is 5.56 Å². The SMILES string of the molecule is CCCC(=O)Oc1cc(C(=O)OCc2cccc(O)c2)cc(OC(=O)CCC)c1OC(=O)CCC. The van der Waals surface area contributed by atoms with Crippen molar-refractivity contribution in [2.75, 3.05) is 0 Å². The average molecular weight is 487 g/mol. The maximum absolute atomic E-state index is 12.8. The first kappa shape index (κ1) is 27.4. The molecule has 0 atom stereocenters. The molecule has 188 valence electrons. The Hall–Kier alpha value is -3.88. The fourth-order valence-corrected chi connectivity index (χ4v) is 2.95. The molecule has 0 bridgehead atoms. The number of aromatic hydroxyl groups is 1. The van der Waals surface area contributed by atoms with E-state index < -0.39 is 23.9 Å². The summed E-state index contributed by atoms with van der Waals surface area (Å²) < 4.78 is 21.4. The Balaban J connectivity index is 2.45. The predicted molar refractivity (Wildman–Crippen MR) is 125 cm³/mol. The number of esters is 4. The van der Waals surface area contributed by atoms with Gasteiger partial charge in [0.2, 0.25) is 5.75 Å². The molecule has 9 nitrogen and oxygen atoms in total. The third-order valence-electron chi connectivity index (χ3n) is 4.56. The number of hydrogen-bond donors (Lipinski definition) is 1. The van der Waals surface area contributed by atoms with Crippen molar-refractivity contribution >= 4 is 23.9 Å². The van der Waals surface area contributed by atoms with Crippen molar-refractivity contribution in [2.24, 2.45) is 0 Å². The molecular formula is C26H30O9. The minimum atomic E-state index is -0.805. The van der Waals surface area contributed by atoms with Crippen LogP contribution in [-0.2, 0) is 25.7 Å². The summed E-state index contributed by atoms with van der Waals surface area (Å²) in [7, 11) is 0. The molecule has 0 unspecified atom stereocenters. The van der Waals surface area contributed by atoms with E-state index in [0.29, 0.717) is 24.8 Å². The number of rotatable bonds is 12. The topological polar surface area (TPSA) is 125 Å². The molecule has 9 heteroatoms. The van der Waals surface area contributed by atoms with E-state index in [9.17, 15) is 24.3 Å². The first-order chi connectivity index (χ1) is 16.8. The Bertz CT molecular complexity index is 1020. The molecule has 2 aromatic rings.